The molecule has 1 radical (unpaired) electrons. The Morgan fingerprint density at radius 1 is 1.18 bits per heavy atom. The summed E-state index contributed by atoms with van der Waals surface area (Å²) in [4.78, 5) is 0. The van der Waals surface area contributed by atoms with Crippen molar-refractivity contribution in [2.75, 3.05) is 0 Å². The minimum Gasteiger partial charge on any atom is -0.252 e. The van der Waals surface area contributed by atoms with Gasteiger partial charge in [-0.3, -0.25) is 4.58 Å². The third-order valence-corrected chi connectivity index (χ3v) is 1.34. The minimum absolute atomic E-state index is 0.623. The second-order valence-corrected chi connectivity index (χ2v) is 2.03. The molecule has 1 aromatic heterocycles. The van der Waals surface area contributed by atoms with Crippen LogP contribution in [0.4, 0.5) is 0 Å². The first-order chi connectivity index (χ1) is 5.47. The Morgan fingerprint density at radius 2 is 2.09 bits per heavy atom. The van der Waals surface area contributed by atoms with Crippen molar-refractivity contribution < 1.29 is 13.9 Å². The number of rotatable bonds is 0. The molecule has 0 amide bonds. The topological polar surface area (TPSA) is 39.4 Å². The van der Waals surface area contributed by atoms with Crippen LogP contribution in [0, 0.1) is 6.26 Å². The van der Waals surface area contributed by atoms with E-state index >= 15 is 0 Å². The van der Waals surface area contributed by atoms with Crippen LogP contribution in [0.5, 0.6) is 0 Å². The third kappa shape index (κ3) is 1.12. The standard InChI is InChI=1S/C8H5O3/c1-2-4-8-7(3-1)5-6-9-11-10-8/h1-5H. The zero-order chi connectivity index (χ0) is 7.52. The number of para-hydroxylation sites is 1. The van der Waals surface area contributed by atoms with Gasteiger partial charge in [0.05, 0.1) is 0 Å². The van der Waals surface area contributed by atoms with Gasteiger partial charge in [0.15, 0.2) is 5.58 Å². The maximum absolute atomic E-state index is 4.73. The lowest BCUT2D eigenvalue weighted by molar-refractivity contribution is -0.169. The van der Waals surface area contributed by atoms with Gasteiger partial charge in [-0.1, -0.05) is 22.9 Å². The maximum atomic E-state index is 4.73. The van der Waals surface area contributed by atoms with Crippen LogP contribution in [0.1, 0.15) is 0 Å². The molecular weight excluding hydrogens is 144 g/mol. The highest BCUT2D eigenvalue weighted by Crippen LogP contribution is 2.09. The summed E-state index contributed by atoms with van der Waals surface area (Å²) in [6.45, 7) is 0. The molecule has 3 nitrogen and oxygen atoms in total. The van der Waals surface area contributed by atoms with Gasteiger partial charge in [-0.25, -0.2) is 4.58 Å². The van der Waals surface area contributed by atoms with Gasteiger partial charge < -0.3 is 0 Å². The van der Waals surface area contributed by atoms with E-state index in [1.165, 1.54) is 0 Å². The first kappa shape index (κ1) is 6.09. The Kier molecular flexibility index (Phi) is 1.41. The normalized spacial score (nSPS) is 9.82. The fraction of sp³-hybridized carbons (Fsp3) is 0. The molecule has 0 saturated heterocycles. The van der Waals surface area contributed by atoms with Crippen molar-refractivity contribution in [1.29, 1.82) is 0 Å². The number of hydrogen-bond acceptors (Lipinski definition) is 3. The lowest BCUT2D eigenvalue weighted by atomic mass is 10.2. The van der Waals surface area contributed by atoms with Crippen LogP contribution in [0.3, 0.4) is 0 Å². The maximum Gasteiger partial charge on any atom is 0.230 e. The highest BCUT2D eigenvalue weighted by Gasteiger charge is 1.90. The average Bonchev–Trinajstić information content (AvgIpc) is 2.28. The molecule has 2 rings (SSSR count). The molecule has 55 valence electrons. The van der Waals surface area contributed by atoms with E-state index in [9.17, 15) is 0 Å². The highest BCUT2D eigenvalue weighted by molar-refractivity contribution is 5.74. The zero-order valence-electron chi connectivity index (χ0n) is 5.61. The lowest BCUT2D eigenvalue weighted by Gasteiger charge is -1.82. The smallest absolute Gasteiger partial charge is 0.230 e. The average molecular weight is 149 g/mol. The van der Waals surface area contributed by atoms with Crippen molar-refractivity contribution in [3.05, 3.63) is 36.6 Å². The van der Waals surface area contributed by atoms with E-state index in [1.54, 1.807) is 12.1 Å². The van der Waals surface area contributed by atoms with Crippen LogP contribution in [0.25, 0.3) is 11.0 Å². The third-order valence-electron chi connectivity index (χ3n) is 1.34. The van der Waals surface area contributed by atoms with Gasteiger partial charge in [0.25, 0.3) is 0 Å². The molecule has 11 heavy (non-hydrogen) atoms. The van der Waals surface area contributed by atoms with E-state index < -0.39 is 0 Å². The van der Waals surface area contributed by atoms with Crippen LogP contribution in [-0.4, -0.2) is 0 Å². The van der Waals surface area contributed by atoms with Crippen LogP contribution in [0.2, 0.25) is 0 Å². The van der Waals surface area contributed by atoms with Crippen molar-refractivity contribution >= 4 is 11.0 Å². The second-order valence-electron chi connectivity index (χ2n) is 2.03. The largest absolute Gasteiger partial charge is 0.252 e. The van der Waals surface area contributed by atoms with Crippen LogP contribution >= 0.6 is 0 Å². The molecule has 0 aliphatic rings. The van der Waals surface area contributed by atoms with E-state index in [-0.39, 0.29) is 0 Å². The summed E-state index contributed by atoms with van der Waals surface area (Å²) in [6, 6.07) is 9.04. The van der Waals surface area contributed by atoms with E-state index in [4.69, 9.17) is 4.58 Å². The quantitative estimate of drug-likeness (QED) is 0.540. The molecule has 0 atom stereocenters. The summed E-state index contributed by atoms with van der Waals surface area (Å²) in [5.74, 6) is 0. The molecule has 0 aliphatic heterocycles. The monoisotopic (exact) mass is 149 g/mol. The van der Waals surface area contributed by atoms with E-state index in [0.29, 0.717) is 5.58 Å². The Balaban J connectivity index is 2.90. The molecule has 0 fully saturated rings. The Morgan fingerprint density at radius 3 is 3.09 bits per heavy atom. The van der Waals surface area contributed by atoms with Crippen LogP contribution in [0.15, 0.2) is 44.2 Å². The first-order valence-electron chi connectivity index (χ1n) is 3.15. The van der Waals surface area contributed by atoms with E-state index in [2.05, 4.69) is 15.6 Å². The minimum atomic E-state index is 0.623. The number of benzene rings is 1. The number of hydrogen-bond donors (Lipinski definition) is 0. The lowest BCUT2D eigenvalue weighted by Crippen LogP contribution is -1.62. The second kappa shape index (κ2) is 2.54. The van der Waals surface area contributed by atoms with Gasteiger partial charge >= 0.3 is 0 Å². The van der Waals surface area contributed by atoms with Crippen LogP contribution < -0.4 is 0 Å². The van der Waals surface area contributed by atoms with Gasteiger partial charge in [-0.05, 0) is 6.07 Å². The van der Waals surface area contributed by atoms with Gasteiger partial charge in [-0.15, -0.1) is 0 Å². The molecule has 1 heterocycles. The summed E-state index contributed by atoms with van der Waals surface area (Å²) < 4.78 is 13.4. The number of fused-ring (bicyclic) bond motifs is 1. The molecule has 3 heteroatoms. The summed E-state index contributed by atoms with van der Waals surface area (Å²) in [5.41, 5.74) is 0.623. The fourth-order valence-corrected chi connectivity index (χ4v) is 0.837. The van der Waals surface area contributed by atoms with Crippen LogP contribution in [-0.2, 0) is 0 Å². The van der Waals surface area contributed by atoms with Crippen molar-refractivity contribution in [2.45, 2.75) is 0 Å². The fourth-order valence-electron chi connectivity index (χ4n) is 0.837. The van der Waals surface area contributed by atoms with Gasteiger partial charge in [0, 0.05) is 11.5 Å². The molecule has 1 aromatic carbocycles. The predicted octanol–water partition coefficient (Wildman–Crippen LogP) is 2.54. The molecule has 0 aliphatic carbocycles. The van der Waals surface area contributed by atoms with Crippen molar-refractivity contribution in [3.63, 3.8) is 0 Å². The predicted molar refractivity (Wildman–Crippen MR) is 37.2 cm³/mol. The Hall–Kier alpha value is -1.64. The Labute approximate surface area is 62.4 Å². The Bertz CT molecular complexity index is 343. The first-order valence-corrected chi connectivity index (χ1v) is 3.15. The summed E-state index contributed by atoms with van der Waals surface area (Å²) >= 11 is 0. The van der Waals surface area contributed by atoms with Crippen molar-refractivity contribution in [2.24, 2.45) is 0 Å². The molecular formula is C8H5O3. The van der Waals surface area contributed by atoms with E-state index in [0.717, 1.165) is 5.39 Å². The molecule has 0 N–H and O–H groups in total. The van der Waals surface area contributed by atoms with Gasteiger partial charge in [-0.2, -0.15) is 0 Å². The van der Waals surface area contributed by atoms with Crippen molar-refractivity contribution in [3.8, 4) is 0 Å². The molecule has 0 unspecified atom stereocenters. The summed E-state index contributed by atoms with van der Waals surface area (Å²) in [7, 11) is 0. The summed E-state index contributed by atoms with van der Waals surface area (Å²) in [6.07, 6.45) is 2.43. The van der Waals surface area contributed by atoms with Crippen molar-refractivity contribution in [1.82, 2.24) is 0 Å². The summed E-state index contributed by atoms with van der Waals surface area (Å²) in [5, 5.41) is 0.880. The highest BCUT2D eigenvalue weighted by atomic mass is 17.2. The molecule has 0 bridgehead atoms. The van der Waals surface area contributed by atoms with E-state index in [1.807, 2.05) is 18.2 Å². The van der Waals surface area contributed by atoms with Gasteiger partial charge in [0.1, 0.15) is 0 Å². The SMILES string of the molecule is [c]1cc2ccccc2ooo1. The zero-order valence-corrected chi connectivity index (χ0v) is 5.61. The van der Waals surface area contributed by atoms with Gasteiger partial charge in [0.2, 0.25) is 6.26 Å². The molecule has 0 spiro atoms. The molecule has 0 saturated carbocycles. The molecule has 2 aromatic rings.